The van der Waals surface area contributed by atoms with Crippen LogP contribution in [0.2, 0.25) is 0 Å². The van der Waals surface area contributed by atoms with Gasteiger partial charge in [-0.3, -0.25) is 4.68 Å². The van der Waals surface area contributed by atoms with Crippen LogP contribution in [0, 0.1) is 5.82 Å². The molecule has 0 amide bonds. The summed E-state index contributed by atoms with van der Waals surface area (Å²) in [6.07, 6.45) is 6.91. The Bertz CT molecular complexity index is 1150. The van der Waals surface area contributed by atoms with Gasteiger partial charge in [-0.1, -0.05) is 12.1 Å². The number of benzene rings is 1. The number of esters is 1. The lowest BCUT2D eigenvalue weighted by Gasteiger charge is -2.08. The second-order valence-corrected chi connectivity index (χ2v) is 6.17. The van der Waals surface area contributed by atoms with Crippen LogP contribution in [0.15, 0.2) is 49.2 Å². The van der Waals surface area contributed by atoms with Gasteiger partial charge in [-0.2, -0.15) is 10.2 Å². The molecule has 0 spiro atoms. The number of carbonyl (C=O) groups excluding carboxylic acids is 1. The maximum atomic E-state index is 14.7. The van der Waals surface area contributed by atoms with Crippen LogP contribution in [0.5, 0.6) is 0 Å². The van der Waals surface area contributed by atoms with Crippen molar-refractivity contribution in [2.75, 3.05) is 7.11 Å². The van der Waals surface area contributed by atoms with Gasteiger partial charge < -0.3 is 4.74 Å². The van der Waals surface area contributed by atoms with Crippen molar-refractivity contribution in [3.63, 3.8) is 0 Å². The molecular formula is C19H16FN5O2. The van der Waals surface area contributed by atoms with Crippen molar-refractivity contribution in [2.45, 2.75) is 6.42 Å². The van der Waals surface area contributed by atoms with Crippen molar-refractivity contribution >= 4 is 11.6 Å². The highest BCUT2D eigenvalue weighted by Gasteiger charge is 2.16. The lowest BCUT2D eigenvalue weighted by Crippen LogP contribution is -2.07. The Hall–Kier alpha value is -3.55. The van der Waals surface area contributed by atoms with Gasteiger partial charge in [-0.25, -0.2) is 18.7 Å². The van der Waals surface area contributed by atoms with E-state index < -0.39 is 5.97 Å². The second-order valence-electron chi connectivity index (χ2n) is 6.17. The molecular weight excluding hydrogens is 349 g/mol. The number of hydrogen-bond acceptors (Lipinski definition) is 5. The highest BCUT2D eigenvalue weighted by atomic mass is 19.1. The van der Waals surface area contributed by atoms with E-state index in [2.05, 4.69) is 15.2 Å². The molecule has 8 heteroatoms. The van der Waals surface area contributed by atoms with E-state index in [0.29, 0.717) is 23.2 Å². The van der Waals surface area contributed by atoms with E-state index in [-0.39, 0.29) is 5.82 Å². The summed E-state index contributed by atoms with van der Waals surface area (Å²) < 4.78 is 22.6. The summed E-state index contributed by atoms with van der Waals surface area (Å²) in [7, 11) is 3.12. The minimum Gasteiger partial charge on any atom is -0.465 e. The summed E-state index contributed by atoms with van der Waals surface area (Å²) in [5.74, 6) is -0.836. The fourth-order valence-corrected chi connectivity index (χ4v) is 3.00. The number of hydrogen-bond donors (Lipinski definition) is 0. The third kappa shape index (κ3) is 3.17. The van der Waals surface area contributed by atoms with E-state index >= 15 is 0 Å². The maximum Gasteiger partial charge on any atom is 0.341 e. The monoisotopic (exact) mass is 365 g/mol. The molecule has 27 heavy (non-hydrogen) atoms. The lowest BCUT2D eigenvalue weighted by atomic mass is 10.0. The molecule has 0 aliphatic heterocycles. The first kappa shape index (κ1) is 16.9. The Morgan fingerprint density at radius 2 is 2.04 bits per heavy atom. The third-order valence-corrected chi connectivity index (χ3v) is 4.32. The van der Waals surface area contributed by atoms with Gasteiger partial charge in [0, 0.05) is 31.4 Å². The topological polar surface area (TPSA) is 74.3 Å². The molecule has 7 nitrogen and oxygen atoms in total. The standard InChI is InChI=1S/C19H16FN5O2/c1-24-10-15(8-22-24)13-3-4-14(17(20)7-13)5-12-6-16(19(26)27-2)18-21-11-23-25(18)9-12/h3-4,6-11H,5H2,1-2H3. The highest BCUT2D eigenvalue weighted by molar-refractivity contribution is 5.95. The van der Waals surface area contributed by atoms with Gasteiger partial charge in [0.15, 0.2) is 5.65 Å². The summed E-state index contributed by atoms with van der Waals surface area (Å²) in [4.78, 5) is 16.1. The van der Waals surface area contributed by atoms with Crippen LogP contribution >= 0.6 is 0 Å². The van der Waals surface area contributed by atoms with Crippen molar-refractivity contribution in [3.8, 4) is 11.1 Å². The summed E-state index contributed by atoms with van der Waals surface area (Å²) in [5, 5.41) is 8.18. The van der Waals surface area contributed by atoms with Crippen LogP contribution in [0.3, 0.4) is 0 Å². The number of aryl methyl sites for hydroxylation is 1. The molecule has 0 fully saturated rings. The van der Waals surface area contributed by atoms with Crippen LogP contribution in [-0.4, -0.2) is 37.5 Å². The van der Waals surface area contributed by atoms with E-state index in [1.165, 1.54) is 24.0 Å². The minimum atomic E-state index is -0.512. The van der Waals surface area contributed by atoms with E-state index in [1.807, 2.05) is 19.3 Å². The number of ether oxygens (including phenoxy) is 1. The number of methoxy groups -OCH3 is 1. The number of pyridine rings is 1. The average molecular weight is 365 g/mol. The average Bonchev–Trinajstić information content (AvgIpc) is 3.31. The molecule has 0 N–H and O–H groups in total. The van der Waals surface area contributed by atoms with E-state index in [0.717, 1.165) is 16.7 Å². The molecule has 3 heterocycles. The Morgan fingerprint density at radius 1 is 1.19 bits per heavy atom. The summed E-state index contributed by atoms with van der Waals surface area (Å²) in [6, 6.07) is 6.73. The van der Waals surface area contributed by atoms with Gasteiger partial charge in [0.25, 0.3) is 0 Å². The molecule has 0 aliphatic rings. The number of carbonyl (C=O) groups is 1. The van der Waals surface area contributed by atoms with Crippen LogP contribution in [0.25, 0.3) is 16.8 Å². The number of rotatable bonds is 4. The van der Waals surface area contributed by atoms with Crippen molar-refractivity contribution < 1.29 is 13.9 Å². The van der Waals surface area contributed by atoms with Crippen LogP contribution in [0.4, 0.5) is 4.39 Å². The first-order valence-corrected chi connectivity index (χ1v) is 8.23. The zero-order chi connectivity index (χ0) is 19.0. The Labute approximate surface area is 154 Å². The maximum absolute atomic E-state index is 14.7. The molecule has 0 radical (unpaired) electrons. The zero-order valence-corrected chi connectivity index (χ0v) is 14.8. The SMILES string of the molecule is COC(=O)c1cc(Cc2ccc(-c3cnn(C)c3)cc2F)cn2ncnc12. The molecule has 0 bridgehead atoms. The number of aromatic nitrogens is 5. The summed E-state index contributed by atoms with van der Waals surface area (Å²) in [6.45, 7) is 0. The quantitative estimate of drug-likeness (QED) is 0.520. The Kier molecular flexibility index (Phi) is 4.15. The predicted molar refractivity (Wildman–Crippen MR) is 95.7 cm³/mol. The third-order valence-electron chi connectivity index (χ3n) is 4.32. The zero-order valence-electron chi connectivity index (χ0n) is 14.8. The van der Waals surface area contributed by atoms with Gasteiger partial charge in [-0.05, 0) is 28.8 Å². The molecule has 4 aromatic rings. The van der Waals surface area contributed by atoms with Gasteiger partial charge in [-0.15, -0.1) is 0 Å². The van der Waals surface area contributed by atoms with Crippen LogP contribution < -0.4 is 0 Å². The molecule has 136 valence electrons. The van der Waals surface area contributed by atoms with Crippen molar-refractivity contribution in [1.82, 2.24) is 24.4 Å². The van der Waals surface area contributed by atoms with Gasteiger partial charge >= 0.3 is 5.97 Å². The Balaban J connectivity index is 1.69. The molecule has 4 rings (SSSR count). The van der Waals surface area contributed by atoms with Crippen LogP contribution in [0.1, 0.15) is 21.5 Å². The predicted octanol–water partition coefficient (Wildman–Crippen LogP) is 2.65. The van der Waals surface area contributed by atoms with Gasteiger partial charge in [0.1, 0.15) is 17.7 Å². The van der Waals surface area contributed by atoms with Gasteiger partial charge in [0.05, 0.1) is 13.3 Å². The van der Waals surface area contributed by atoms with Crippen molar-refractivity contribution in [3.05, 3.63) is 71.7 Å². The first-order valence-electron chi connectivity index (χ1n) is 8.23. The molecule has 0 unspecified atom stereocenters. The number of halogens is 1. The summed E-state index contributed by atoms with van der Waals surface area (Å²) in [5.41, 5.74) is 3.53. The number of fused-ring (bicyclic) bond motifs is 1. The largest absolute Gasteiger partial charge is 0.465 e. The Morgan fingerprint density at radius 3 is 2.74 bits per heavy atom. The molecule has 0 atom stereocenters. The fraction of sp³-hybridized carbons (Fsp3) is 0.158. The number of nitrogens with zero attached hydrogens (tertiary/aromatic N) is 5. The lowest BCUT2D eigenvalue weighted by molar-refractivity contribution is 0.0602. The van der Waals surface area contributed by atoms with E-state index in [1.54, 1.807) is 29.2 Å². The molecule has 0 saturated carbocycles. The smallest absolute Gasteiger partial charge is 0.341 e. The fourth-order valence-electron chi connectivity index (χ4n) is 3.00. The van der Waals surface area contributed by atoms with Crippen molar-refractivity contribution in [1.29, 1.82) is 0 Å². The second kappa shape index (κ2) is 6.64. The summed E-state index contributed by atoms with van der Waals surface area (Å²) >= 11 is 0. The van der Waals surface area contributed by atoms with E-state index in [9.17, 15) is 9.18 Å². The molecule has 0 saturated heterocycles. The highest BCUT2D eigenvalue weighted by Crippen LogP contribution is 2.23. The van der Waals surface area contributed by atoms with Gasteiger partial charge in [0.2, 0.25) is 0 Å². The minimum absolute atomic E-state index is 0.292. The van der Waals surface area contributed by atoms with Crippen molar-refractivity contribution in [2.24, 2.45) is 7.05 Å². The normalized spacial score (nSPS) is 11.1. The molecule has 1 aromatic carbocycles. The van der Waals surface area contributed by atoms with E-state index in [4.69, 9.17) is 4.74 Å². The van der Waals surface area contributed by atoms with Crippen LogP contribution in [-0.2, 0) is 18.2 Å². The first-order chi connectivity index (χ1) is 13.0. The molecule has 0 aliphatic carbocycles. The molecule has 3 aromatic heterocycles.